The molecule has 18 heavy (non-hydrogen) atoms. The zero-order valence-electron chi connectivity index (χ0n) is 13.2. The number of hydrogen-bond donors (Lipinski definition) is 0. The molecular weight excluding hydrogens is 236 g/mol. The first-order chi connectivity index (χ1) is 7.93. The Morgan fingerprint density at radius 3 is 1.94 bits per heavy atom. The van der Waals surface area contributed by atoms with E-state index in [-0.39, 0.29) is 10.5 Å². The molecule has 0 aliphatic carbocycles. The van der Waals surface area contributed by atoms with Crippen LogP contribution in [0.15, 0.2) is 24.3 Å². The summed E-state index contributed by atoms with van der Waals surface area (Å²) in [6.07, 6.45) is 0. The van der Waals surface area contributed by atoms with E-state index < -0.39 is 8.32 Å². The molecule has 0 fully saturated rings. The van der Waals surface area contributed by atoms with Crippen molar-refractivity contribution in [2.45, 2.75) is 65.1 Å². The predicted molar refractivity (Wildman–Crippen MR) is 83.0 cm³/mol. The number of hydrogen-bond acceptors (Lipinski definition) is 1. The highest BCUT2D eigenvalue weighted by Crippen LogP contribution is 2.38. The number of rotatable bonds is 2. The van der Waals surface area contributed by atoms with Crippen LogP contribution in [-0.4, -0.2) is 8.32 Å². The van der Waals surface area contributed by atoms with Crippen LogP contribution in [-0.2, 0) is 5.41 Å². The van der Waals surface area contributed by atoms with Crippen LogP contribution < -0.4 is 4.43 Å². The predicted octanol–water partition coefficient (Wildman–Crippen LogP) is 5.37. The first-order valence-corrected chi connectivity index (χ1v) is 9.64. The Morgan fingerprint density at radius 2 is 1.50 bits per heavy atom. The maximum atomic E-state index is 6.34. The Kier molecular flexibility index (Phi) is 4.02. The average molecular weight is 264 g/mol. The van der Waals surface area contributed by atoms with Gasteiger partial charge in [0.1, 0.15) is 5.75 Å². The van der Waals surface area contributed by atoms with Gasteiger partial charge < -0.3 is 4.43 Å². The lowest BCUT2D eigenvalue weighted by Gasteiger charge is -2.36. The van der Waals surface area contributed by atoms with Gasteiger partial charge in [-0.15, -0.1) is 0 Å². The second-order valence-corrected chi connectivity index (χ2v) is 12.4. The largest absolute Gasteiger partial charge is 0.543 e. The van der Waals surface area contributed by atoms with Crippen LogP contribution in [0.3, 0.4) is 0 Å². The molecule has 0 atom stereocenters. The van der Waals surface area contributed by atoms with E-state index >= 15 is 0 Å². The highest BCUT2D eigenvalue weighted by Gasteiger charge is 2.39. The van der Waals surface area contributed by atoms with Crippen LogP contribution in [0.1, 0.15) is 47.1 Å². The molecular formula is C16H28OSi. The molecule has 1 aromatic carbocycles. The van der Waals surface area contributed by atoms with Gasteiger partial charge in [0, 0.05) is 0 Å². The highest BCUT2D eigenvalue weighted by molar-refractivity contribution is 6.74. The van der Waals surface area contributed by atoms with Crippen molar-refractivity contribution in [2.75, 3.05) is 0 Å². The van der Waals surface area contributed by atoms with E-state index in [0.717, 1.165) is 5.75 Å². The topological polar surface area (TPSA) is 9.23 Å². The molecule has 0 aliphatic heterocycles. The fraction of sp³-hybridized carbons (Fsp3) is 0.625. The second-order valence-electron chi connectivity index (χ2n) is 7.64. The van der Waals surface area contributed by atoms with E-state index in [1.54, 1.807) is 0 Å². The van der Waals surface area contributed by atoms with Crippen molar-refractivity contribution >= 4 is 8.32 Å². The van der Waals surface area contributed by atoms with Crippen molar-refractivity contribution in [3.63, 3.8) is 0 Å². The lowest BCUT2D eigenvalue weighted by atomic mass is 9.87. The van der Waals surface area contributed by atoms with Gasteiger partial charge in [-0.3, -0.25) is 0 Å². The van der Waals surface area contributed by atoms with E-state index in [4.69, 9.17) is 4.43 Å². The minimum Gasteiger partial charge on any atom is -0.543 e. The van der Waals surface area contributed by atoms with Crippen LogP contribution in [0.2, 0.25) is 18.1 Å². The van der Waals surface area contributed by atoms with Crippen molar-refractivity contribution in [1.29, 1.82) is 0 Å². The summed E-state index contributed by atoms with van der Waals surface area (Å²) in [7, 11) is -1.73. The monoisotopic (exact) mass is 264 g/mol. The van der Waals surface area contributed by atoms with Gasteiger partial charge in [-0.25, -0.2) is 0 Å². The van der Waals surface area contributed by atoms with Crippen LogP contribution >= 0.6 is 0 Å². The van der Waals surface area contributed by atoms with Crippen molar-refractivity contribution in [3.05, 3.63) is 29.8 Å². The van der Waals surface area contributed by atoms with Crippen LogP contribution in [0.5, 0.6) is 5.75 Å². The fourth-order valence-electron chi connectivity index (χ4n) is 1.47. The summed E-state index contributed by atoms with van der Waals surface area (Å²) in [6, 6.07) is 8.55. The molecule has 1 rings (SSSR count). The highest BCUT2D eigenvalue weighted by atomic mass is 28.4. The molecule has 0 amide bonds. The third-order valence-electron chi connectivity index (χ3n) is 3.88. The third kappa shape index (κ3) is 3.61. The lowest BCUT2D eigenvalue weighted by molar-refractivity contribution is 0.488. The van der Waals surface area contributed by atoms with Crippen molar-refractivity contribution in [1.82, 2.24) is 0 Å². The van der Waals surface area contributed by atoms with E-state index in [0.29, 0.717) is 0 Å². The minimum atomic E-state index is -1.73. The summed E-state index contributed by atoms with van der Waals surface area (Å²) in [4.78, 5) is 0. The summed E-state index contributed by atoms with van der Waals surface area (Å²) >= 11 is 0. The van der Waals surface area contributed by atoms with Crippen LogP contribution in [0, 0.1) is 0 Å². The van der Waals surface area contributed by atoms with Crippen LogP contribution in [0.4, 0.5) is 0 Å². The Morgan fingerprint density at radius 1 is 0.944 bits per heavy atom. The molecule has 0 spiro atoms. The fourth-order valence-corrected chi connectivity index (χ4v) is 2.50. The molecule has 1 aromatic rings. The SMILES string of the molecule is CC(C)(C)c1cccc(O[Si](C)(C)C(C)(C)C)c1. The average Bonchev–Trinajstić information content (AvgIpc) is 2.14. The third-order valence-corrected chi connectivity index (χ3v) is 8.24. The molecule has 1 nitrogen and oxygen atoms in total. The van der Waals surface area contributed by atoms with Gasteiger partial charge in [0.2, 0.25) is 8.32 Å². The van der Waals surface area contributed by atoms with Gasteiger partial charge >= 0.3 is 0 Å². The van der Waals surface area contributed by atoms with E-state index in [1.165, 1.54) is 5.56 Å². The molecule has 102 valence electrons. The first kappa shape index (κ1) is 15.3. The molecule has 0 aliphatic rings. The van der Waals surface area contributed by atoms with Gasteiger partial charge in [0.05, 0.1) is 0 Å². The van der Waals surface area contributed by atoms with E-state index in [1.807, 2.05) is 0 Å². The van der Waals surface area contributed by atoms with E-state index in [2.05, 4.69) is 78.9 Å². The molecule has 0 unspecified atom stereocenters. The van der Waals surface area contributed by atoms with Gasteiger partial charge in [-0.2, -0.15) is 0 Å². The van der Waals surface area contributed by atoms with Crippen LogP contribution in [0.25, 0.3) is 0 Å². The first-order valence-electron chi connectivity index (χ1n) is 6.73. The lowest BCUT2D eigenvalue weighted by Crippen LogP contribution is -2.43. The van der Waals surface area contributed by atoms with Gasteiger partial charge in [-0.1, -0.05) is 53.7 Å². The van der Waals surface area contributed by atoms with Crippen molar-refractivity contribution < 1.29 is 4.43 Å². The Bertz CT molecular complexity index is 408. The standard InChI is InChI=1S/C16H28OSi/c1-15(2,3)13-10-9-11-14(12-13)17-18(7,8)16(4,5)6/h9-12H,1-8H3. The van der Waals surface area contributed by atoms with Gasteiger partial charge in [-0.05, 0) is 41.2 Å². The quantitative estimate of drug-likeness (QED) is 0.653. The Hall–Kier alpha value is -0.763. The maximum Gasteiger partial charge on any atom is 0.250 e. The summed E-state index contributed by atoms with van der Waals surface area (Å²) < 4.78 is 6.34. The van der Waals surface area contributed by atoms with Gasteiger partial charge in [0.15, 0.2) is 0 Å². The van der Waals surface area contributed by atoms with E-state index in [9.17, 15) is 0 Å². The zero-order valence-corrected chi connectivity index (χ0v) is 14.2. The molecule has 0 saturated heterocycles. The Labute approximate surface area is 114 Å². The zero-order chi connectivity index (χ0) is 14.2. The molecule has 0 heterocycles. The molecule has 0 aromatic heterocycles. The molecule has 0 N–H and O–H groups in total. The summed E-state index contributed by atoms with van der Waals surface area (Å²) in [5.74, 6) is 1.02. The smallest absolute Gasteiger partial charge is 0.250 e. The molecule has 0 saturated carbocycles. The molecule has 0 bridgehead atoms. The maximum absolute atomic E-state index is 6.34. The summed E-state index contributed by atoms with van der Waals surface area (Å²) in [6.45, 7) is 18.1. The minimum absolute atomic E-state index is 0.173. The number of benzene rings is 1. The molecule has 2 heteroatoms. The van der Waals surface area contributed by atoms with Crippen molar-refractivity contribution in [2.24, 2.45) is 0 Å². The molecule has 0 radical (unpaired) electrons. The van der Waals surface area contributed by atoms with Gasteiger partial charge in [0.25, 0.3) is 0 Å². The summed E-state index contributed by atoms with van der Waals surface area (Å²) in [5.41, 5.74) is 1.51. The summed E-state index contributed by atoms with van der Waals surface area (Å²) in [5, 5.41) is 0.241. The second kappa shape index (κ2) is 4.73. The van der Waals surface area contributed by atoms with Crippen molar-refractivity contribution in [3.8, 4) is 5.75 Å². The Balaban J connectivity index is 3.00. The normalized spacial score (nSPS) is 13.6.